The predicted molar refractivity (Wildman–Crippen MR) is 89.9 cm³/mol. The van der Waals surface area contributed by atoms with Crippen LogP contribution in [0.5, 0.6) is 0 Å². The largest absolute Gasteiger partial charge is 0.461 e. The van der Waals surface area contributed by atoms with Gasteiger partial charge in [-0.1, -0.05) is 62.4 Å². The third-order valence-electron chi connectivity index (χ3n) is 3.77. The molecule has 0 saturated carbocycles. The van der Waals surface area contributed by atoms with Gasteiger partial charge in [0.25, 0.3) is 0 Å². The highest BCUT2D eigenvalue weighted by Gasteiger charge is 2.13. The number of rotatable bonds is 7. The van der Waals surface area contributed by atoms with E-state index in [1.54, 1.807) is 0 Å². The molecule has 0 unspecified atom stereocenters. The Morgan fingerprint density at radius 3 is 2.27 bits per heavy atom. The Kier molecular flexibility index (Phi) is 6.16. The first kappa shape index (κ1) is 16.2. The van der Waals surface area contributed by atoms with Crippen molar-refractivity contribution in [3.63, 3.8) is 0 Å². The molecule has 0 aliphatic rings. The van der Waals surface area contributed by atoms with Gasteiger partial charge < -0.3 is 9.64 Å². The zero-order valence-corrected chi connectivity index (χ0v) is 13.3. The summed E-state index contributed by atoms with van der Waals surface area (Å²) in [6, 6.07) is 17.5. The second kappa shape index (κ2) is 8.35. The summed E-state index contributed by atoms with van der Waals surface area (Å²) in [7, 11) is 0. The van der Waals surface area contributed by atoms with Gasteiger partial charge in [0.2, 0.25) is 0 Å². The summed E-state index contributed by atoms with van der Waals surface area (Å²) in [5.41, 5.74) is 2.56. The molecular weight excluding hydrogens is 274 g/mol. The van der Waals surface area contributed by atoms with Crippen LogP contribution in [0.3, 0.4) is 0 Å². The highest BCUT2D eigenvalue weighted by atomic mass is 16.5. The number of ether oxygens (including phenoxy) is 1. The zero-order chi connectivity index (χ0) is 15.8. The van der Waals surface area contributed by atoms with Crippen molar-refractivity contribution < 1.29 is 9.53 Å². The molecule has 0 saturated heterocycles. The van der Waals surface area contributed by atoms with Gasteiger partial charge in [-0.2, -0.15) is 0 Å². The molecule has 0 atom stereocenters. The van der Waals surface area contributed by atoms with Crippen molar-refractivity contribution in [2.45, 2.75) is 13.8 Å². The van der Waals surface area contributed by atoms with Crippen LogP contribution >= 0.6 is 0 Å². The number of benzene rings is 2. The number of likely N-dealkylation sites (N-methyl/N-ethyl adjacent to an activating group) is 1. The fraction of sp³-hybridized carbons (Fsp3) is 0.316. The standard InChI is InChI=1S/C19H23NO2/c1-3-20(4-2)14-15-22-19(21)18-13-9-8-12-17(18)16-10-6-5-7-11-16/h5-13H,3-4,14-15H2,1-2H3. The van der Waals surface area contributed by atoms with Crippen LogP contribution in [0, 0.1) is 0 Å². The fourth-order valence-corrected chi connectivity index (χ4v) is 2.42. The molecule has 0 radical (unpaired) electrons. The van der Waals surface area contributed by atoms with Crippen LogP contribution in [-0.4, -0.2) is 37.1 Å². The lowest BCUT2D eigenvalue weighted by atomic mass is 10.00. The number of hydrogen-bond acceptors (Lipinski definition) is 3. The van der Waals surface area contributed by atoms with Gasteiger partial charge in [0.15, 0.2) is 0 Å². The van der Waals surface area contributed by atoms with E-state index in [2.05, 4.69) is 18.7 Å². The lowest BCUT2D eigenvalue weighted by molar-refractivity contribution is 0.0467. The van der Waals surface area contributed by atoms with Crippen molar-refractivity contribution in [2.24, 2.45) is 0 Å². The first-order chi connectivity index (χ1) is 10.8. The van der Waals surface area contributed by atoms with Gasteiger partial charge in [0.05, 0.1) is 5.56 Å². The van der Waals surface area contributed by atoms with Crippen molar-refractivity contribution in [3.05, 3.63) is 60.2 Å². The van der Waals surface area contributed by atoms with Gasteiger partial charge in [-0.3, -0.25) is 0 Å². The van der Waals surface area contributed by atoms with Crippen LogP contribution in [0.4, 0.5) is 0 Å². The normalized spacial score (nSPS) is 10.7. The van der Waals surface area contributed by atoms with Crippen LogP contribution in [0.25, 0.3) is 11.1 Å². The maximum atomic E-state index is 12.4. The maximum absolute atomic E-state index is 12.4. The first-order valence-corrected chi connectivity index (χ1v) is 7.80. The zero-order valence-electron chi connectivity index (χ0n) is 13.3. The summed E-state index contributed by atoms with van der Waals surface area (Å²) in [5.74, 6) is -0.258. The third kappa shape index (κ3) is 4.18. The summed E-state index contributed by atoms with van der Waals surface area (Å²) >= 11 is 0. The van der Waals surface area contributed by atoms with E-state index < -0.39 is 0 Å². The van der Waals surface area contributed by atoms with E-state index in [1.165, 1.54) is 0 Å². The highest BCUT2D eigenvalue weighted by Crippen LogP contribution is 2.23. The number of carbonyl (C=O) groups excluding carboxylic acids is 1. The Hall–Kier alpha value is -2.13. The molecule has 2 rings (SSSR count). The van der Waals surface area contributed by atoms with Crippen molar-refractivity contribution in [2.75, 3.05) is 26.2 Å². The molecule has 22 heavy (non-hydrogen) atoms. The monoisotopic (exact) mass is 297 g/mol. The number of nitrogens with zero attached hydrogens (tertiary/aromatic N) is 1. The molecule has 0 aromatic heterocycles. The molecule has 0 spiro atoms. The number of hydrogen-bond donors (Lipinski definition) is 0. The van der Waals surface area contributed by atoms with E-state index >= 15 is 0 Å². The first-order valence-electron chi connectivity index (χ1n) is 7.80. The molecule has 2 aromatic rings. The van der Waals surface area contributed by atoms with Crippen molar-refractivity contribution in [1.29, 1.82) is 0 Å². The molecule has 0 N–H and O–H groups in total. The Balaban J connectivity index is 2.07. The topological polar surface area (TPSA) is 29.5 Å². The molecule has 0 bridgehead atoms. The molecule has 0 amide bonds. The van der Waals surface area contributed by atoms with E-state index in [0.29, 0.717) is 12.2 Å². The van der Waals surface area contributed by atoms with Crippen LogP contribution in [-0.2, 0) is 4.74 Å². The molecule has 0 aliphatic carbocycles. The molecule has 0 aliphatic heterocycles. The van der Waals surface area contributed by atoms with Crippen LogP contribution in [0.1, 0.15) is 24.2 Å². The van der Waals surface area contributed by atoms with Crippen LogP contribution in [0.15, 0.2) is 54.6 Å². The van der Waals surface area contributed by atoms with E-state index in [0.717, 1.165) is 30.8 Å². The molecule has 116 valence electrons. The average molecular weight is 297 g/mol. The van der Waals surface area contributed by atoms with Gasteiger partial charge in [-0.05, 0) is 30.3 Å². The van der Waals surface area contributed by atoms with E-state index in [-0.39, 0.29) is 5.97 Å². The summed E-state index contributed by atoms with van der Waals surface area (Å²) < 4.78 is 5.44. The summed E-state index contributed by atoms with van der Waals surface area (Å²) in [4.78, 5) is 14.6. The lowest BCUT2D eigenvalue weighted by Gasteiger charge is -2.17. The predicted octanol–water partition coefficient (Wildman–Crippen LogP) is 3.85. The van der Waals surface area contributed by atoms with Gasteiger partial charge in [0, 0.05) is 6.54 Å². The van der Waals surface area contributed by atoms with E-state index in [1.807, 2.05) is 54.6 Å². The van der Waals surface area contributed by atoms with Gasteiger partial charge >= 0.3 is 5.97 Å². The number of carbonyl (C=O) groups is 1. The minimum absolute atomic E-state index is 0.258. The quantitative estimate of drug-likeness (QED) is 0.727. The number of esters is 1. The minimum Gasteiger partial charge on any atom is -0.461 e. The Labute approximate surface area is 132 Å². The maximum Gasteiger partial charge on any atom is 0.338 e. The molecule has 0 heterocycles. The molecule has 0 fully saturated rings. The second-order valence-corrected chi connectivity index (χ2v) is 5.07. The van der Waals surface area contributed by atoms with E-state index in [9.17, 15) is 4.79 Å². The van der Waals surface area contributed by atoms with Gasteiger partial charge in [-0.15, -0.1) is 0 Å². The average Bonchev–Trinajstić information content (AvgIpc) is 2.59. The second-order valence-electron chi connectivity index (χ2n) is 5.07. The van der Waals surface area contributed by atoms with Gasteiger partial charge in [-0.25, -0.2) is 4.79 Å². The molecular formula is C19H23NO2. The fourth-order valence-electron chi connectivity index (χ4n) is 2.42. The summed E-state index contributed by atoms with van der Waals surface area (Å²) in [6.07, 6.45) is 0. The van der Waals surface area contributed by atoms with Crippen molar-refractivity contribution >= 4 is 5.97 Å². The highest BCUT2D eigenvalue weighted by molar-refractivity contribution is 5.97. The molecule has 3 heteroatoms. The third-order valence-corrected chi connectivity index (χ3v) is 3.77. The van der Waals surface area contributed by atoms with Crippen molar-refractivity contribution in [1.82, 2.24) is 4.90 Å². The van der Waals surface area contributed by atoms with E-state index in [4.69, 9.17) is 4.74 Å². The summed E-state index contributed by atoms with van der Waals surface area (Å²) in [5, 5.41) is 0. The Morgan fingerprint density at radius 2 is 1.59 bits per heavy atom. The Morgan fingerprint density at radius 1 is 0.955 bits per heavy atom. The lowest BCUT2D eigenvalue weighted by Crippen LogP contribution is -2.28. The molecule has 2 aromatic carbocycles. The smallest absolute Gasteiger partial charge is 0.338 e. The summed E-state index contributed by atoms with van der Waals surface area (Å²) in [6.45, 7) is 7.34. The van der Waals surface area contributed by atoms with Gasteiger partial charge in [0.1, 0.15) is 6.61 Å². The Bertz CT molecular complexity index is 591. The SMILES string of the molecule is CCN(CC)CCOC(=O)c1ccccc1-c1ccccc1. The van der Waals surface area contributed by atoms with Crippen molar-refractivity contribution in [3.8, 4) is 11.1 Å². The van der Waals surface area contributed by atoms with Crippen LogP contribution in [0.2, 0.25) is 0 Å². The molecule has 3 nitrogen and oxygen atoms in total. The minimum atomic E-state index is -0.258. The van der Waals surface area contributed by atoms with Crippen LogP contribution < -0.4 is 0 Å².